The lowest BCUT2D eigenvalue weighted by molar-refractivity contribution is 0.0937. The molecule has 1 aromatic carbocycles. The minimum Gasteiger partial charge on any atom is -0.293 e. The maximum atomic E-state index is 12.1. The molecule has 0 saturated carbocycles. The van der Waals surface area contributed by atoms with Crippen molar-refractivity contribution in [2.24, 2.45) is 11.8 Å². The van der Waals surface area contributed by atoms with Crippen LogP contribution in [0, 0.1) is 23.2 Å². The van der Waals surface area contributed by atoms with Gasteiger partial charge in [0.05, 0.1) is 6.07 Å². The van der Waals surface area contributed by atoms with Crippen LogP contribution in [0.25, 0.3) is 0 Å². The van der Waals surface area contributed by atoms with Gasteiger partial charge in [0.25, 0.3) is 0 Å². The maximum absolute atomic E-state index is 12.1. The van der Waals surface area contributed by atoms with Gasteiger partial charge in [-0.15, -0.1) is 0 Å². The first-order valence-electron chi connectivity index (χ1n) is 5.34. The molecule has 0 amide bonds. The Kier molecular flexibility index (Phi) is 5.17. The lowest BCUT2D eigenvalue weighted by Gasteiger charge is -2.11. The molecule has 1 unspecified atom stereocenters. The molecule has 1 rings (SSSR count). The molecule has 0 aliphatic rings. The first kappa shape index (κ1) is 14.2. The molecule has 0 aliphatic heterocycles. The summed E-state index contributed by atoms with van der Waals surface area (Å²) in [5.74, 6) is -0.448. The van der Waals surface area contributed by atoms with Crippen molar-refractivity contribution in [3.8, 4) is 6.07 Å². The Balaban J connectivity index is 2.98. The van der Waals surface area contributed by atoms with E-state index in [1.165, 1.54) is 0 Å². The fraction of sp³-hybridized carbons (Fsp3) is 0.385. The Bertz CT molecular complexity index is 445. The van der Waals surface area contributed by atoms with Crippen molar-refractivity contribution in [1.29, 1.82) is 5.26 Å². The molecular weight excluding hydrogens is 302 g/mol. The number of Topliss-reactive ketones (excluding diaryl/α,β-unsaturated/α-hetero) is 1. The van der Waals surface area contributed by atoms with Gasteiger partial charge in [-0.25, -0.2) is 0 Å². The SMILES string of the molecule is CC(C)CC(C#N)C(=O)c1cc(Cl)cc(Br)c1. The number of hydrogen-bond donors (Lipinski definition) is 0. The molecule has 90 valence electrons. The Labute approximate surface area is 115 Å². The van der Waals surface area contributed by atoms with Gasteiger partial charge in [0.2, 0.25) is 0 Å². The first-order valence-corrected chi connectivity index (χ1v) is 6.51. The Morgan fingerprint density at radius 2 is 2.12 bits per heavy atom. The zero-order valence-electron chi connectivity index (χ0n) is 9.71. The Morgan fingerprint density at radius 3 is 2.59 bits per heavy atom. The number of carbonyl (C=O) groups is 1. The molecule has 2 nitrogen and oxygen atoms in total. The van der Waals surface area contributed by atoms with Crippen LogP contribution in [0.4, 0.5) is 0 Å². The van der Waals surface area contributed by atoms with Crippen LogP contribution in [0.1, 0.15) is 30.6 Å². The van der Waals surface area contributed by atoms with Gasteiger partial charge < -0.3 is 0 Å². The second-order valence-electron chi connectivity index (χ2n) is 4.33. The summed E-state index contributed by atoms with van der Waals surface area (Å²) in [7, 11) is 0. The highest BCUT2D eigenvalue weighted by Crippen LogP contribution is 2.23. The van der Waals surface area contributed by atoms with E-state index in [1.807, 2.05) is 13.8 Å². The summed E-state index contributed by atoms with van der Waals surface area (Å²) in [5.41, 5.74) is 0.483. The monoisotopic (exact) mass is 313 g/mol. The highest BCUT2D eigenvalue weighted by Gasteiger charge is 2.21. The minimum atomic E-state index is -0.597. The molecule has 1 atom stereocenters. The number of benzene rings is 1. The molecular formula is C13H13BrClNO. The molecule has 0 fully saturated rings. The maximum Gasteiger partial charge on any atom is 0.180 e. The van der Waals surface area contributed by atoms with Crippen molar-refractivity contribution < 1.29 is 4.79 Å². The van der Waals surface area contributed by atoms with Gasteiger partial charge in [-0.05, 0) is 30.5 Å². The summed E-state index contributed by atoms with van der Waals surface area (Å²) in [5, 5.41) is 9.52. The van der Waals surface area contributed by atoms with Gasteiger partial charge in [-0.3, -0.25) is 4.79 Å². The third kappa shape index (κ3) is 4.14. The van der Waals surface area contributed by atoms with Crippen LogP contribution in [0.5, 0.6) is 0 Å². The van der Waals surface area contributed by atoms with E-state index >= 15 is 0 Å². The first-order chi connectivity index (χ1) is 7.93. The van der Waals surface area contributed by atoms with Crippen LogP contribution in [-0.2, 0) is 0 Å². The smallest absolute Gasteiger partial charge is 0.180 e. The summed E-state index contributed by atoms with van der Waals surface area (Å²) in [6, 6.07) is 7.06. The number of halogens is 2. The highest BCUT2D eigenvalue weighted by molar-refractivity contribution is 9.10. The average molecular weight is 315 g/mol. The van der Waals surface area contributed by atoms with Gasteiger partial charge in [0.1, 0.15) is 5.92 Å². The fourth-order valence-corrected chi connectivity index (χ4v) is 2.45. The van der Waals surface area contributed by atoms with E-state index in [4.69, 9.17) is 16.9 Å². The molecule has 0 radical (unpaired) electrons. The molecule has 0 heterocycles. The lowest BCUT2D eigenvalue weighted by Crippen LogP contribution is -2.15. The molecule has 0 N–H and O–H groups in total. The summed E-state index contributed by atoms with van der Waals surface area (Å²) in [6.07, 6.45) is 0.569. The molecule has 0 saturated heterocycles. The van der Waals surface area contributed by atoms with E-state index in [-0.39, 0.29) is 5.78 Å². The predicted octanol–water partition coefficient (Wildman–Crippen LogP) is 4.47. The second kappa shape index (κ2) is 6.18. The number of rotatable bonds is 4. The van der Waals surface area contributed by atoms with Crippen molar-refractivity contribution in [1.82, 2.24) is 0 Å². The lowest BCUT2D eigenvalue weighted by atomic mass is 9.91. The second-order valence-corrected chi connectivity index (χ2v) is 5.69. The minimum absolute atomic E-state index is 0.163. The van der Waals surface area contributed by atoms with Gasteiger partial charge in [0.15, 0.2) is 5.78 Å². The van der Waals surface area contributed by atoms with Crippen molar-refractivity contribution in [2.75, 3.05) is 0 Å². The fourth-order valence-electron chi connectivity index (χ4n) is 1.59. The standard InChI is InChI=1S/C13H13BrClNO/c1-8(2)3-10(7-16)13(17)9-4-11(14)6-12(15)5-9/h4-6,8,10H,3H2,1-2H3. The Hall–Kier alpha value is -0.850. The molecule has 4 heteroatoms. The van der Waals surface area contributed by atoms with Crippen LogP contribution >= 0.6 is 27.5 Å². The van der Waals surface area contributed by atoms with Crippen LogP contribution in [0.15, 0.2) is 22.7 Å². The van der Waals surface area contributed by atoms with Crippen molar-refractivity contribution in [3.63, 3.8) is 0 Å². The predicted molar refractivity (Wildman–Crippen MR) is 72.0 cm³/mol. The molecule has 0 aromatic heterocycles. The number of hydrogen-bond acceptors (Lipinski definition) is 2. The molecule has 1 aromatic rings. The van der Waals surface area contributed by atoms with E-state index in [9.17, 15) is 4.79 Å². The quantitative estimate of drug-likeness (QED) is 0.769. The Morgan fingerprint density at radius 1 is 1.47 bits per heavy atom. The number of ketones is 1. The third-order valence-corrected chi connectivity index (χ3v) is 3.00. The van der Waals surface area contributed by atoms with Crippen molar-refractivity contribution >= 4 is 33.3 Å². The van der Waals surface area contributed by atoms with E-state index in [0.29, 0.717) is 22.9 Å². The van der Waals surface area contributed by atoms with E-state index in [0.717, 1.165) is 4.47 Å². The summed E-state index contributed by atoms with van der Waals surface area (Å²) >= 11 is 9.17. The summed E-state index contributed by atoms with van der Waals surface area (Å²) in [6.45, 7) is 3.98. The highest BCUT2D eigenvalue weighted by atomic mass is 79.9. The van der Waals surface area contributed by atoms with Gasteiger partial charge in [0, 0.05) is 15.1 Å². The molecule has 0 aliphatic carbocycles. The number of nitrogens with zero attached hydrogens (tertiary/aromatic N) is 1. The zero-order chi connectivity index (χ0) is 13.0. The van der Waals surface area contributed by atoms with Crippen LogP contribution in [-0.4, -0.2) is 5.78 Å². The third-order valence-electron chi connectivity index (χ3n) is 2.33. The van der Waals surface area contributed by atoms with E-state index < -0.39 is 5.92 Å². The van der Waals surface area contributed by atoms with E-state index in [2.05, 4.69) is 22.0 Å². The van der Waals surface area contributed by atoms with Crippen molar-refractivity contribution in [2.45, 2.75) is 20.3 Å². The van der Waals surface area contributed by atoms with Crippen molar-refractivity contribution in [3.05, 3.63) is 33.3 Å². The zero-order valence-corrected chi connectivity index (χ0v) is 12.0. The molecule has 0 spiro atoms. The van der Waals surface area contributed by atoms with E-state index in [1.54, 1.807) is 18.2 Å². The summed E-state index contributed by atoms with van der Waals surface area (Å²) in [4.78, 5) is 12.1. The average Bonchev–Trinajstić information content (AvgIpc) is 2.23. The van der Waals surface area contributed by atoms with Gasteiger partial charge >= 0.3 is 0 Å². The molecule has 0 bridgehead atoms. The van der Waals surface area contributed by atoms with Crippen LogP contribution in [0.2, 0.25) is 5.02 Å². The molecule has 17 heavy (non-hydrogen) atoms. The van der Waals surface area contributed by atoms with Gasteiger partial charge in [-0.2, -0.15) is 5.26 Å². The van der Waals surface area contributed by atoms with Crippen LogP contribution in [0.3, 0.4) is 0 Å². The van der Waals surface area contributed by atoms with Gasteiger partial charge in [-0.1, -0.05) is 41.4 Å². The van der Waals surface area contributed by atoms with Crippen LogP contribution < -0.4 is 0 Å². The topological polar surface area (TPSA) is 40.9 Å². The normalized spacial score (nSPS) is 12.2. The number of nitriles is 1. The summed E-state index contributed by atoms with van der Waals surface area (Å²) < 4.78 is 0.745. The number of carbonyl (C=O) groups excluding carboxylic acids is 1. The largest absolute Gasteiger partial charge is 0.293 e.